The predicted molar refractivity (Wildman–Crippen MR) is 73.4 cm³/mol. The number of benzene rings is 1. The van der Waals surface area contributed by atoms with Gasteiger partial charge in [-0.1, -0.05) is 18.2 Å². The standard InChI is InChI=1S/C15H16F3N3/c16-15(17,18)13-10-20-21(12-6-2-1-3-7-12)14(13)11-5-4-8-19-9-11/h1-3,6-7,10-11,19H,4-5,8-9H2. The molecule has 112 valence electrons. The third-order valence-corrected chi connectivity index (χ3v) is 3.80. The number of para-hydroxylation sites is 1. The maximum absolute atomic E-state index is 13.3. The number of hydrogen-bond donors (Lipinski definition) is 1. The molecule has 2 aromatic rings. The van der Waals surface area contributed by atoms with E-state index < -0.39 is 11.7 Å². The van der Waals surface area contributed by atoms with E-state index in [0.717, 1.165) is 25.6 Å². The Kier molecular flexibility index (Phi) is 3.71. The molecule has 1 fully saturated rings. The molecule has 6 heteroatoms. The van der Waals surface area contributed by atoms with Crippen molar-refractivity contribution >= 4 is 0 Å². The molecular formula is C15H16F3N3. The van der Waals surface area contributed by atoms with Gasteiger partial charge < -0.3 is 5.32 Å². The summed E-state index contributed by atoms with van der Waals surface area (Å²) in [5, 5.41) is 7.17. The Balaban J connectivity index is 2.10. The molecule has 21 heavy (non-hydrogen) atoms. The van der Waals surface area contributed by atoms with Crippen molar-refractivity contribution in [2.24, 2.45) is 0 Å². The second-order valence-electron chi connectivity index (χ2n) is 5.23. The average Bonchev–Trinajstić information content (AvgIpc) is 2.94. The van der Waals surface area contributed by atoms with Gasteiger partial charge in [0.15, 0.2) is 0 Å². The molecule has 0 spiro atoms. The number of piperidine rings is 1. The van der Waals surface area contributed by atoms with Crippen molar-refractivity contribution in [3.63, 3.8) is 0 Å². The number of hydrogen-bond acceptors (Lipinski definition) is 2. The first kappa shape index (κ1) is 14.1. The molecule has 1 unspecified atom stereocenters. The van der Waals surface area contributed by atoms with Crippen molar-refractivity contribution in [3.8, 4) is 5.69 Å². The summed E-state index contributed by atoms with van der Waals surface area (Å²) in [4.78, 5) is 0. The summed E-state index contributed by atoms with van der Waals surface area (Å²) in [6.07, 6.45) is -1.81. The van der Waals surface area contributed by atoms with E-state index in [9.17, 15) is 13.2 Å². The monoisotopic (exact) mass is 295 g/mol. The number of nitrogens with one attached hydrogen (secondary N) is 1. The van der Waals surface area contributed by atoms with Crippen LogP contribution >= 0.6 is 0 Å². The SMILES string of the molecule is FC(F)(F)c1cnn(-c2ccccc2)c1C1CCCNC1. The van der Waals surface area contributed by atoms with Crippen LogP contribution in [-0.2, 0) is 6.18 Å². The van der Waals surface area contributed by atoms with Crippen LogP contribution in [0.3, 0.4) is 0 Å². The van der Waals surface area contributed by atoms with Crippen molar-refractivity contribution in [1.29, 1.82) is 0 Å². The summed E-state index contributed by atoms with van der Waals surface area (Å²) in [5.74, 6) is -0.168. The second-order valence-corrected chi connectivity index (χ2v) is 5.23. The molecule has 0 bridgehead atoms. The van der Waals surface area contributed by atoms with E-state index in [2.05, 4.69) is 10.4 Å². The van der Waals surface area contributed by atoms with Gasteiger partial charge in [0.1, 0.15) is 0 Å². The Labute approximate surface area is 120 Å². The van der Waals surface area contributed by atoms with Gasteiger partial charge in [0.2, 0.25) is 0 Å². The number of rotatable bonds is 2. The predicted octanol–water partition coefficient (Wildman–Crippen LogP) is 3.36. The molecular weight excluding hydrogens is 279 g/mol. The first-order chi connectivity index (χ1) is 10.1. The minimum absolute atomic E-state index is 0.168. The lowest BCUT2D eigenvalue weighted by atomic mass is 9.93. The van der Waals surface area contributed by atoms with Gasteiger partial charge >= 0.3 is 6.18 Å². The molecule has 1 saturated heterocycles. The zero-order valence-electron chi connectivity index (χ0n) is 11.4. The summed E-state index contributed by atoms with van der Waals surface area (Å²) in [7, 11) is 0. The van der Waals surface area contributed by atoms with Gasteiger partial charge in [-0.25, -0.2) is 4.68 Å². The molecule has 1 aromatic heterocycles. The normalized spacial score (nSPS) is 19.7. The van der Waals surface area contributed by atoms with E-state index in [1.165, 1.54) is 4.68 Å². The molecule has 0 radical (unpaired) electrons. The molecule has 1 N–H and O–H groups in total. The van der Waals surface area contributed by atoms with E-state index in [1.807, 2.05) is 6.07 Å². The minimum atomic E-state index is -4.38. The Bertz CT molecular complexity index is 598. The molecule has 1 aromatic carbocycles. The molecule has 1 aliphatic heterocycles. The van der Waals surface area contributed by atoms with Crippen LogP contribution < -0.4 is 5.32 Å². The van der Waals surface area contributed by atoms with E-state index in [0.29, 0.717) is 12.2 Å². The molecule has 3 rings (SSSR count). The summed E-state index contributed by atoms with van der Waals surface area (Å²) < 4.78 is 41.2. The number of nitrogens with zero attached hydrogens (tertiary/aromatic N) is 2. The lowest BCUT2D eigenvalue weighted by Gasteiger charge is -2.25. The second kappa shape index (κ2) is 5.52. The zero-order chi connectivity index (χ0) is 14.9. The third kappa shape index (κ3) is 2.81. The highest BCUT2D eigenvalue weighted by atomic mass is 19.4. The number of aromatic nitrogens is 2. The maximum atomic E-state index is 13.3. The third-order valence-electron chi connectivity index (χ3n) is 3.80. The van der Waals surface area contributed by atoms with E-state index in [1.54, 1.807) is 24.3 Å². The van der Waals surface area contributed by atoms with Crippen LogP contribution in [0.1, 0.15) is 30.0 Å². The molecule has 1 atom stereocenters. The first-order valence-corrected chi connectivity index (χ1v) is 6.98. The van der Waals surface area contributed by atoms with Crippen LogP contribution in [0.25, 0.3) is 5.69 Å². The van der Waals surface area contributed by atoms with Crippen LogP contribution in [0.5, 0.6) is 0 Å². The fourth-order valence-electron chi connectivity index (χ4n) is 2.83. The van der Waals surface area contributed by atoms with E-state index >= 15 is 0 Å². The average molecular weight is 295 g/mol. The van der Waals surface area contributed by atoms with Gasteiger partial charge in [-0.05, 0) is 31.5 Å². The van der Waals surface area contributed by atoms with Crippen molar-refractivity contribution in [1.82, 2.24) is 15.1 Å². The first-order valence-electron chi connectivity index (χ1n) is 6.98. The van der Waals surface area contributed by atoms with Gasteiger partial charge in [0, 0.05) is 12.5 Å². The quantitative estimate of drug-likeness (QED) is 0.920. The number of halogens is 3. The smallest absolute Gasteiger partial charge is 0.316 e. The van der Waals surface area contributed by atoms with Gasteiger partial charge in [-0.2, -0.15) is 18.3 Å². The van der Waals surface area contributed by atoms with Gasteiger partial charge in [0.05, 0.1) is 23.1 Å². The Morgan fingerprint density at radius 2 is 1.95 bits per heavy atom. The van der Waals surface area contributed by atoms with Crippen molar-refractivity contribution in [2.45, 2.75) is 24.9 Å². The van der Waals surface area contributed by atoms with Crippen molar-refractivity contribution in [2.75, 3.05) is 13.1 Å². The van der Waals surface area contributed by atoms with E-state index in [4.69, 9.17) is 0 Å². The van der Waals surface area contributed by atoms with Crippen molar-refractivity contribution in [3.05, 3.63) is 47.8 Å². The highest BCUT2D eigenvalue weighted by molar-refractivity contribution is 5.37. The summed E-state index contributed by atoms with van der Waals surface area (Å²) in [5.41, 5.74) is 0.300. The maximum Gasteiger partial charge on any atom is 0.419 e. The van der Waals surface area contributed by atoms with Gasteiger partial charge in [-0.3, -0.25) is 0 Å². The van der Waals surface area contributed by atoms with Crippen LogP contribution in [-0.4, -0.2) is 22.9 Å². The fraction of sp³-hybridized carbons (Fsp3) is 0.400. The molecule has 0 aliphatic carbocycles. The minimum Gasteiger partial charge on any atom is -0.316 e. The molecule has 1 aliphatic rings. The molecule has 0 saturated carbocycles. The zero-order valence-corrected chi connectivity index (χ0v) is 11.4. The Morgan fingerprint density at radius 3 is 2.57 bits per heavy atom. The molecule has 0 amide bonds. The highest BCUT2D eigenvalue weighted by Crippen LogP contribution is 2.38. The molecule has 2 heterocycles. The summed E-state index contributed by atoms with van der Waals surface area (Å²) in [6.45, 7) is 1.42. The van der Waals surface area contributed by atoms with Gasteiger partial charge in [-0.15, -0.1) is 0 Å². The Hall–Kier alpha value is -1.82. The highest BCUT2D eigenvalue weighted by Gasteiger charge is 2.39. The largest absolute Gasteiger partial charge is 0.419 e. The lowest BCUT2D eigenvalue weighted by molar-refractivity contribution is -0.138. The topological polar surface area (TPSA) is 29.9 Å². The lowest BCUT2D eigenvalue weighted by Crippen LogP contribution is -2.30. The van der Waals surface area contributed by atoms with Crippen LogP contribution in [0.2, 0.25) is 0 Å². The Morgan fingerprint density at radius 1 is 1.19 bits per heavy atom. The van der Waals surface area contributed by atoms with Gasteiger partial charge in [0.25, 0.3) is 0 Å². The molecule has 3 nitrogen and oxygen atoms in total. The van der Waals surface area contributed by atoms with Crippen LogP contribution in [0.15, 0.2) is 36.5 Å². The number of alkyl halides is 3. The summed E-state index contributed by atoms with van der Waals surface area (Å²) in [6, 6.07) is 8.97. The van der Waals surface area contributed by atoms with E-state index in [-0.39, 0.29) is 11.6 Å². The fourth-order valence-corrected chi connectivity index (χ4v) is 2.83. The van der Waals surface area contributed by atoms with Crippen molar-refractivity contribution < 1.29 is 13.2 Å². The summed E-state index contributed by atoms with van der Waals surface area (Å²) >= 11 is 0. The van der Waals surface area contributed by atoms with Crippen LogP contribution in [0.4, 0.5) is 13.2 Å². The van der Waals surface area contributed by atoms with Crippen LogP contribution in [0, 0.1) is 0 Å².